The highest BCUT2D eigenvalue weighted by molar-refractivity contribution is 5.49. The average molecular weight is 239 g/mol. The third kappa shape index (κ3) is 3.20. The van der Waals surface area contributed by atoms with Gasteiger partial charge in [-0.25, -0.2) is 18.7 Å². The second-order valence-electron chi connectivity index (χ2n) is 3.55. The summed E-state index contributed by atoms with van der Waals surface area (Å²) >= 11 is 0. The molecule has 1 N–H and O–H groups in total. The second-order valence-corrected chi connectivity index (χ2v) is 3.55. The van der Waals surface area contributed by atoms with Crippen molar-refractivity contribution in [1.82, 2.24) is 19.7 Å². The molecule has 2 aromatic rings. The minimum Gasteiger partial charge on any atom is -0.321 e. The van der Waals surface area contributed by atoms with Gasteiger partial charge in [-0.05, 0) is 12.5 Å². The number of nitrogens with one attached hydrogen (secondary N) is 1. The summed E-state index contributed by atoms with van der Waals surface area (Å²) < 4.78 is 25.4. The van der Waals surface area contributed by atoms with Crippen LogP contribution >= 0.6 is 0 Å². The third-order valence-corrected chi connectivity index (χ3v) is 2.00. The minimum absolute atomic E-state index is 0.409. The molecular formula is C10H11F2N5. The Morgan fingerprint density at radius 1 is 1.29 bits per heavy atom. The summed E-state index contributed by atoms with van der Waals surface area (Å²) in [6.45, 7) is 1.46. The molecule has 0 aliphatic rings. The molecule has 17 heavy (non-hydrogen) atoms. The lowest BCUT2D eigenvalue weighted by Gasteiger charge is -2.01. The quantitative estimate of drug-likeness (QED) is 0.886. The van der Waals surface area contributed by atoms with Gasteiger partial charge in [-0.3, -0.25) is 4.68 Å². The fourth-order valence-electron chi connectivity index (χ4n) is 1.26. The van der Waals surface area contributed by atoms with Crippen LogP contribution < -0.4 is 5.32 Å². The molecule has 90 valence electrons. The van der Waals surface area contributed by atoms with Crippen LogP contribution in [0.25, 0.3) is 0 Å². The van der Waals surface area contributed by atoms with Crippen molar-refractivity contribution in [3.05, 3.63) is 30.4 Å². The van der Waals surface area contributed by atoms with Gasteiger partial charge in [0.25, 0.3) is 6.43 Å². The third-order valence-electron chi connectivity index (χ3n) is 2.00. The Labute approximate surface area is 96.5 Å². The van der Waals surface area contributed by atoms with E-state index in [-0.39, 0.29) is 0 Å². The Balaban J connectivity index is 2.03. The SMILES string of the molecule is Cc1cnc(Nc2cnn(CC(F)F)c2)nc1. The standard InChI is InChI=1S/C10H11F2N5/c1-7-2-13-10(14-3-7)16-8-4-15-17(5-8)6-9(11)12/h2-5,9H,6H2,1H3,(H,13,14,16). The highest BCUT2D eigenvalue weighted by atomic mass is 19.3. The Morgan fingerprint density at radius 2 is 2.00 bits per heavy atom. The molecule has 0 unspecified atom stereocenters. The molecule has 0 aliphatic heterocycles. The summed E-state index contributed by atoms with van der Waals surface area (Å²) in [7, 11) is 0. The van der Waals surface area contributed by atoms with Crippen LogP contribution in [0.15, 0.2) is 24.8 Å². The Kier molecular flexibility index (Phi) is 3.27. The van der Waals surface area contributed by atoms with Crippen LogP contribution in [-0.4, -0.2) is 26.2 Å². The lowest BCUT2D eigenvalue weighted by Crippen LogP contribution is -2.06. The number of alkyl halides is 2. The van der Waals surface area contributed by atoms with Gasteiger partial charge in [0.05, 0.1) is 11.9 Å². The smallest absolute Gasteiger partial charge is 0.257 e. The maximum atomic E-state index is 12.1. The molecule has 2 rings (SSSR count). The van der Waals surface area contributed by atoms with Crippen molar-refractivity contribution in [2.24, 2.45) is 0 Å². The van der Waals surface area contributed by atoms with Crippen molar-refractivity contribution in [2.75, 3.05) is 5.32 Å². The van der Waals surface area contributed by atoms with Crippen molar-refractivity contribution in [2.45, 2.75) is 19.9 Å². The van der Waals surface area contributed by atoms with E-state index in [1.54, 1.807) is 12.4 Å². The number of anilines is 2. The normalized spacial score (nSPS) is 10.8. The molecule has 0 aromatic carbocycles. The summed E-state index contributed by atoms with van der Waals surface area (Å²) in [6, 6.07) is 0. The van der Waals surface area contributed by atoms with E-state index in [0.717, 1.165) is 5.56 Å². The zero-order chi connectivity index (χ0) is 12.3. The molecule has 0 atom stereocenters. The zero-order valence-corrected chi connectivity index (χ0v) is 9.14. The molecule has 0 aliphatic carbocycles. The van der Waals surface area contributed by atoms with Crippen molar-refractivity contribution in [3.8, 4) is 0 Å². The molecule has 0 amide bonds. The molecule has 0 saturated heterocycles. The second kappa shape index (κ2) is 4.86. The van der Waals surface area contributed by atoms with Gasteiger partial charge in [-0.1, -0.05) is 0 Å². The number of nitrogens with zero attached hydrogens (tertiary/aromatic N) is 4. The summed E-state index contributed by atoms with van der Waals surface area (Å²) in [6.07, 6.45) is 3.84. The molecule has 5 nitrogen and oxygen atoms in total. The largest absolute Gasteiger partial charge is 0.321 e. The fraction of sp³-hybridized carbons (Fsp3) is 0.300. The van der Waals surface area contributed by atoms with E-state index in [0.29, 0.717) is 11.6 Å². The van der Waals surface area contributed by atoms with Crippen LogP contribution in [0, 0.1) is 6.92 Å². The van der Waals surface area contributed by atoms with Crippen LogP contribution in [0.1, 0.15) is 5.56 Å². The van der Waals surface area contributed by atoms with Crippen LogP contribution in [-0.2, 0) is 6.54 Å². The predicted octanol–water partition coefficient (Wildman–Crippen LogP) is 1.99. The maximum Gasteiger partial charge on any atom is 0.257 e. The summed E-state index contributed by atoms with van der Waals surface area (Å²) in [5, 5.41) is 6.66. The van der Waals surface area contributed by atoms with E-state index >= 15 is 0 Å². The van der Waals surface area contributed by atoms with Crippen molar-refractivity contribution < 1.29 is 8.78 Å². The minimum atomic E-state index is -2.42. The van der Waals surface area contributed by atoms with Crippen LogP contribution in [0.3, 0.4) is 0 Å². The van der Waals surface area contributed by atoms with Gasteiger partial charge < -0.3 is 5.32 Å². The molecule has 2 aromatic heterocycles. The van der Waals surface area contributed by atoms with E-state index < -0.39 is 13.0 Å². The van der Waals surface area contributed by atoms with Gasteiger partial charge >= 0.3 is 0 Å². The number of hydrogen-bond donors (Lipinski definition) is 1. The number of aryl methyl sites for hydroxylation is 1. The lowest BCUT2D eigenvalue weighted by atomic mass is 10.4. The van der Waals surface area contributed by atoms with E-state index in [1.807, 2.05) is 6.92 Å². The molecular weight excluding hydrogens is 228 g/mol. The first kappa shape index (κ1) is 11.4. The van der Waals surface area contributed by atoms with Gasteiger partial charge in [0.2, 0.25) is 5.95 Å². The highest BCUT2D eigenvalue weighted by Gasteiger charge is 2.06. The zero-order valence-electron chi connectivity index (χ0n) is 9.14. The van der Waals surface area contributed by atoms with Gasteiger partial charge in [-0.15, -0.1) is 0 Å². The molecule has 0 bridgehead atoms. The number of halogens is 2. The van der Waals surface area contributed by atoms with Crippen LogP contribution in [0.5, 0.6) is 0 Å². The van der Waals surface area contributed by atoms with Gasteiger partial charge in [0.1, 0.15) is 6.54 Å². The van der Waals surface area contributed by atoms with E-state index in [2.05, 4.69) is 20.4 Å². The van der Waals surface area contributed by atoms with Gasteiger partial charge in [-0.2, -0.15) is 5.10 Å². The Morgan fingerprint density at radius 3 is 2.65 bits per heavy atom. The number of aromatic nitrogens is 4. The topological polar surface area (TPSA) is 55.6 Å². The molecule has 0 spiro atoms. The predicted molar refractivity (Wildman–Crippen MR) is 58.3 cm³/mol. The van der Waals surface area contributed by atoms with Crippen molar-refractivity contribution in [1.29, 1.82) is 0 Å². The van der Waals surface area contributed by atoms with E-state index in [1.165, 1.54) is 17.1 Å². The molecule has 2 heterocycles. The lowest BCUT2D eigenvalue weighted by molar-refractivity contribution is 0.122. The van der Waals surface area contributed by atoms with E-state index in [9.17, 15) is 8.78 Å². The maximum absolute atomic E-state index is 12.1. The fourth-order valence-corrected chi connectivity index (χ4v) is 1.26. The van der Waals surface area contributed by atoms with Crippen LogP contribution in [0.4, 0.5) is 20.4 Å². The van der Waals surface area contributed by atoms with E-state index in [4.69, 9.17) is 0 Å². The van der Waals surface area contributed by atoms with Gasteiger partial charge in [0.15, 0.2) is 0 Å². The Hall–Kier alpha value is -2.05. The summed E-state index contributed by atoms with van der Waals surface area (Å²) in [4.78, 5) is 8.07. The van der Waals surface area contributed by atoms with Crippen LogP contribution in [0.2, 0.25) is 0 Å². The monoisotopic (exact) mass is 239 g/mol. The molecule has 0 fully saturated rings. The first-order valence-electron chi connectivity index (χ1n) is 5.00. The highest BCUT2D eigenvalue weighted by Crippen LogP contribution is 2.11. The van der Waals surface area contributed by atoms with Crippen molar-refractivity contribution in [3.63, 3.8) is 0 Å². The molecule has 7 heteroatoms. The molecule has 0 saturated carbocycles. The molecule has 0 radical (unpaired) electrons. The first-order chi connectivity index (χ1) is 8.13. The number of hydrogen-bond acceptors (Lipinski definition) is 4. The van der Waals surface area contributed by atoms with Gasteiger partial charge in [0, 0.05) is 18.6 Å². The summed E-state index contributed by atoms with van der Waals surface area (Å²) in [5.74, 6) is 0.409. The Bertz CT molecular complexity index is 480. The average Bonchev–Trinajstić information content (AvgIpc) is 2.68. The number of rotatable bonds is 4. The van der Waals surface area contributed by atoms with Crippen molar-refractivity contribution >= 4 is 11.6 Å². The first-order valence-corrected chi connectivity index (χ1v) is 5.00. The summed E-state index contributed by atoms with van der Waals surface area (Å²) in [5.41, 5.74) is 1.53.